The fourth-order valence-corrected chi connectivity index (χ4v) is 6.80. The van der Waals surface area contributed by atoms with Crippen molar-refractivity contribution in [2.24, 2.45) is 0 Å². The fraction of sp³-hybridized carbons (Fsp3) is 0. The summed E-state index contributed by atoms with van der Waals surface area (Å²) in [6.45, 7) is 0. The molecule has 47 heavy (non-hydrogen) atoms. The first kappa shape index (κ1) is 27.0. The zero-order valence-corrected chi connectivity index (χ0v) is 25.6. The van der Waals surface area contributed by atoms with Crippen molar-refractivity contribution in [3.63, 3.8) is 0 Å². The summed E-state index contributed by atoms with van der Waals surface area (Å²) in [7, 11) is 0. The molecule has 220 valence electrons. The maximum absolute atomic E-state index is 5.00. The number of fused-ring (bicyclic) bond motifs is 5. The Kier molecular flexibility index (Phi) is 6.46. The third-order valence-electron chi connectivity index (χ3n) is 9.06. The summed E-state index contributed by atoms with van der Waals surface area (Å²) in [5.74, 6) is 0. The highest BCUT2D eigenvalue weighted by atomic mass is 15.0. The van der Waals surface area contributed by atoms with E-state index >= 15 is 0 Å². The number of hydrogen-bond donors (Lipinski definition) is 0. The van der Waals surface area contributed by atoms with Gasteiger partial charge in [0, 0.05) is 45.4 Å². The lowest BCUT2D eigenvalue weighted by Gasteiger charge is -2.12. The Bertz CT molecular complexity index is 2550. The van der Waals surface area contributed by atoms with Crippen molar-refractivity contribution in [3.8, 4) is 50.5 Å². The molecular formula is C44H29N3. The largest absolute Gasteiger partial charge is 0.309 e. The lowest BCUT2D eigenvalue weighted by atomic mass is 9.98. The van der Waals surface area contributed by atoms with E-state index in [2.05, 4.69) is 155 Å². The second-order valence-corrected chi connectivity index (χ2v) is 11.9. The highest BCUT2D eigenvalue weighted by Crippen LogP contribution is 2.39. The van der Waals surface area contributed by atoms with E-state index in [9.17, 15) is 0 Å². The molecule has 0 fully saturated rings. The van der Waals surface area contributed by atoms with Crippen molar-refractivity contribution in [2.75, 3.05) is 0 Å². The lowest BCUT2D eigenvalue weighted by molar-refractivity contribution is 1.19. The van der Waals surface area contributed by atoms with Gasteiger partial charge in [-0.25, -0.2) is 4.98 Å². The van der Waals surface area contributed by atoms with Crippen molar-refractivity contribution in [1.82, 2.24) is 14.5 Å². The topological polar surface area (TPSA) is 30.7 Å². The molecule has 0 spiro atoms. The molecule has 0 unspecified atom stereocenters. The second-order valence-electron chi connectivity index (χ2n) is 11.9. The molecule has 0 aliphatic heterocycles. The standard InChI is InChI=1S/C44H29N3/c1-3-10-30(11-4-1)31-12-7-13-32(26-31)33-19-23-39-40-24-20-34-27-35(41-17-8-18-42(46-41)36-14-9-25-45-29-36)21-22-38(34)44(40)47(43(39)28-33)37-15-5-2-6-16-37/h1-29H. The first-order chi connectivity index (χ1) is 23.3. The third-order valence-corrected chi connectivity index (χ3v) is 9.06. The number of pyridine rings is 2. The Morgan fingerprint density at radius 2 is 1.04 bits per heavy atom. The van der Waals surface area contributed by atoms with Crippen LogP contribution in [-0.2, 0) is 0 Å². The van der Waals surface area contributed by atoms with Crippen LogP contribution < -0.4 is 0 Å². The van der Waals surface area contributed by atoms with Gasteiger partial charge in [-0.3, -0.25) is 4.98 Å². The molecule has 0 radical (unpaired) electrons. The summed E-state index contributed by atoms with van der Waals surface area (Å²) in [6, 6.07) is 58.4. The minimum absolute atomic E-state index is 0.917. The first-order valence-corrected chi connectivity index (χ1v) is 15.9. The zero-order chi connectivity index (χ0) is 31.2. The monoisotopic (exact) mass is 599 g/mol. The van der Waals surface area contributed by atoms with Gasteiger partial charge in [-0.05, 0) is 82.2 Å². The summed E-state index contributed by atoms with van der Waals surface area (Å²) in [5, 5.41) is 4.87. The van der Waals surface area contributed by atoms with Crippen LogP contribution in [0.1, 0.15) is 0 Å². The lowest BCUT2D eigenvalue weighted by Crippen LogP contribution is -1.94. The summed E-state index contributed by atoms with van der Waals surface area (Å²) in [5.41, 5.74) is 12.3. The molecule has 6 aromatic carbocycles. The molecule has 3 aromatic heterocycles. The molecule has 0 N–H and O–H groups in total. The van der Waals surface area contributed by atoms with Crippen LogP contribution in [0.15, 0.2) is 176 Å². The Hall–Kier alpha value is -6.32. The van der Waals surface area contributed by atoms with Crippen molar-refractivity contribution in [1.29, 1.82) is 0 Å². The van der Waals surface area contributed by atoms with E-state index < -0.39 is 0 Å². The number of benzene rings is 6. The predicted molar refractivity (Wildman–Crippen MR) is 196 cm³/mol. The fourth-order valence-electron chi connectivity index (χ4n) is 6.80. The molecule has 0 saturated carbocycles. The molecule has 0 bridgehead atoms. The average Bonchev–Trinajstić information content (AvgIpc) is 3.50. The predicted octanol–water partition coefficient (Wildman–Crippen LogP) is 11.4. The van der Waals surface area contributed by atoms with E-state index in [1.165, 1.54) is 54.8 Å². The minimum Gasteiger partial charge on any atom is -0.309 e. The molecule has 3 nitrogen and oxygen atoms in total. The maximum Gasteiger partial charge on any atom is 0.0725 e. The molecule has 9 rings (SSSR count). The van der Waals surface area contributed by atoms with E-state index in [0.29, 0.717) is 0 Å². The smallest absolute Gasteiger partial charge is 0.0725 e. The number of para-hydroxylation sites is 1. The summed E-state index contributed by atoms with van der Waals surface area (Å²) < 4.78 is 2.43. The van der Waals surface area contributed by atoms with Gasteiger partial charge in [0.15, 0.2) is 0 Å². The van der Waals surface area contributed by atoms with Crippen molar-refractivity contribution in [2.45, 2.75) is 0 Å². The van der Waals surface area contributed by atoms with Crippen LogP contribution in [-0.4, -0.2) is 14.5 Å². The van der Waals surface area contributed by atoms with Crippen LogP contribution in [0.25, 0.3) is 83.0 Å². The van der Waals surface area contributed by atoms with Gasteiger partial charge < -0.3 is 4.57 Å². The molecule has 3 heteroatoms. The molecule has 3 heterocycles. The first-order valence-electron chi connectivity index (χ1n) is 15.9. The number of hydrogen-bond acceptors (Lipinski definition) is 2. The van der Waals surface area contributed by atoms with Gasteiger partial charge in [-0.15, -0.1) is 0 Å². The third kappa shape index (κ3) is 4.77. The van der Waals surface area contributed by atoms with Crippen LogP contribution in [0.3, 0.4) is 0 Å². The second kappa shape index (κ2) is 11.2. The van der Waals surface area contributed by atoms with Crippen molar-refractivity contribution >= 4 is 32.6 Å². The SMILES string of the molecule is c1ccc(-c2cccc(-c3ccc4c5ccc6cc(-c7cccc(-c8cccnc8)n7)ccc6c5n(-c5ccccc5)c4c3)c2)cc1. The van der Waals surface area contributed by atoms with Crippen LogP contribution in [0.5, 0.6) is 0 Å². The van der Waals surface area contributed by atoms with Gasteiger partial charge in [-0.1, -0.05) is 109 Å². The molecule has 0 amide bonds. The summed E-state index contributed by atoms with van der Waals surface area (Å²) in [4.78, 5) is 9.28. The molecule has 0 aliphatic rings. The zero-order valence-electron chi connectivity index (χ0n) is 25.6. The van der Waals surface area contributed by atoms with E-state index in [4.69, 9.17) is 4.98 Å². The van der Waals surface area contributed by atoms with Crippen LogP contribution in [0.4, 0.5) is 0 Å². The maximum atomic E-state index is 5.00. The van der Waals surface area contributed by atoms with E-state index in [0.717, 1.165) is 28.2 Å². The summed E-state index contributed by atoms with van der Waals surface area (Å²) in [6.07, 6.45) is 3.65. The Balaban J connectivity index is 1.23. The average molecular weight is 600 g/mol. The Morgan fingerprint density at radius 1 is 0.404 bits per heavy atom. The number of aromatic nitrogens is 3. The van der Waals surface area contributed by atoms with Crippen molar-refractivity contribution in [3.05, 3.63) is 176 Å². The molecule has 0 saturated heterocycles. The summed E-state index contributed by atoms with van der Waals surface area (Å²) >= 11 is 0. The number of nitrogens with zero attached hydrogens (tertiary/aromatic N) is 3. The number of rotatable bonds is 5. The Labute approximate surface area is 273 Å². The van der Waals surface area contributed by atoms with Crippen LogP contribution in [0, 0.1) is 0 Å². The van der Waals surface area contributed by atoms with Gasteiger partial charge in [0.1, 0.15) is 0 Å². The van der Waals surface area contributed by atoms with Gasteiger partial charge in [0.25, 0.3) is 0 Å². The van der Waals surface area contributed by atoms with E-state index in [1.54, 1.807) is 6.20 Å². The highest BCUT2D eigenvalue weighted by molar-refractivity contribution is 6.19. The van der Waals surface area contributed by atoms with Crippen molar-refractivity contribution < 1.29 is 0 Å². The molecule has 0 aliphatic carbocycles. The normalized spacial score (nSPS) is 11.4. The molecule has 0 atom stereocenters. The van der Waals surface area contributed by atoms with E-state index in [-0.39, 0.29) is 0 Å². The van der Waals surface area contributed by atoms with Crippen LogP contribution in [0.2, 0.25) is 0 Å². The van der Waals surface area contributed by atoms with Gasteiger partial charge in [0.2, 0.25) is 0 Å². The van der Waals surface area contributed by atoms with Crippen LogP contribution >= 0.6 is 0 Å². The van der Waals surface area contributed by atoms with E-state index in [1.807, 2.05) is 24.4 Å². The molecule has 9 aromatic rings. The van der Waals surface area contributed by atoms with Gasteiger partial charge in [0.05, 0.1) is 22.4 Å². The van der Waals surface area contributed by atoms with Gasteiger partial charge >= 0.3 is 0 Å². The molecular weight excluding hydrogens is 571 g/mol. The highest BCUT2D eigenvalue weighted by Gasteiger charge is 2.17. The quantitative estimate of drug-likeness (QED) is 0.197. The minimum atomic E-state index is 0.917. The van der Waals surface area contributed by atoms with Gasteiger partial charge in [-0.2, -0.15) is 0 Å². The Morgan fingerprint density at radius 3 is 1.85 bits per heavy atom.